The molecule has 3 N–H and O–H groups in total. The lowest BCUT2D eigenvalue weighted by Gasteiger charge is -2.15. The van der Waals surface area contributed by atoms with Crippen molar-refractivity contribution in [2.24, 2.45) is 5.92 Å². The van der Waals surface area contributed by atoms with Crippen LogP contribution in [-0.4, -0.2) is 35.4 Å². The van der Waals surface area contributed by atoms with Crippen molar-refractivity contribution >= 4 is 35.1 Å². The predicted molar refractivity (Wildman–Crippen MR) is 131 cm³/mol. The average molecular weight is 494 g/mol. The second-order valence-electron chi connectivity index (χ2n) is 8.57. The highest BCUT2D eigenvalue weighted by Crippen LogP contribution is 2.35. The van der Waals surface area contributed by atoms with Gasteiger partial charge >= 0.3 is 0 Å². The number of aryl methyl sites for hydroxylation is 1. The highest BCUT2D eigenvalue weighted by molar-refractivity contribution is 6.31. The van der Waals surface area contributed by atoms with Gasteiger partial charge in [0.15, 0.2) is 0 Å². The number of aromatic nitrogens is 2. The first-order valence-corrected chi connectivity index (χ1v) is 11.6. The molecule has 1 aliphatic carbocycles. The average Bonchev–Trinajstić information content (AvgIpc) is 3.60. The van der Waals surface area contributed by atoms with Crippen LogP contribution in [0.2, 0.25) is 5.02 Å². The summed E-state index contributed by atoms with van der Waals surface area (Å²) in [4.78, 5) is 33.5. The van der Waals surface area contributed by atoms with Crippen molar-refractivity contribution in [2.75, 3.05) is 19.0 Å². The number of amides is 2. The number of hydrogen-bond donors (Lipinski definition) is 3. The molecule has 3 aromatic rings. The number of ether oxygens (including phenoxy) is 2. The van der Waals surface area contributed by atoms with Crippen LogP contribution in [0.3, 0.4) is 0 Å². The third kappa shape index (κ3) is 4.85. The Morgan fingerprint density at radius 2 is 2.09 bits per heavy atom. The lowest BCUT2D eigenvalue weighted by Crippen LogP contribution is -2.26. The van der Waals surface area contributed by atoms with Crippen molar-refractivity contribution in [3.05, 3.63) is 63.8 Å². The molecular formula is C25H24ClN5O4. The first kappa shape index (κ1) is 22.9. The molecule has 0 spiro atoms. The lowest BCUT2D eigenvalue weighted by molar-refractivity contribution is 0.0947. The molecule has 10 heteroatoms. The molecule has 1 aromatic heterocycles. The molecule has 9 nitrogen and oxygen atoms in total. The summed E-state index contributed by atoms with van der Waals surface area (Å²) in [6, 6.07) is 8.85. The molecule has 0 radical (unpaired) electrons. The quantitative estimate of drug-likeness (QED) is 0.427. The molecule has 2 amide bonds. The third-order valence-corrected chi connectivity index (χ3v) is 6.24. The molecule has 2 heterocycles. The van der Waals surface area contributed by atoms with Crippen molar-refractivity contribution < 1.29 is 19.1 Å². The van der Waals surface area contributed by atoms with Crippen LogP contribution < -0.4 is 25.4 Å². The van der Waals surface area contributed by atoms with E-state index in [0.29, 0.717) is 47.3 Å². The van der Waals surface area contributed by atoms with Gasteiger partial charge < -0.3 is 25.4 Å². The Morgan fingerprint density at radius 3 is 2.86 bits per heavy atom. The van der Waals surface area contributed by atoms with Gasteiger partial charge in [-0.15, -0.1) is 0 Å². The number of anilines is 2. The van der Waals surface area contributed by atoms with E-state index >= 15 is 0 Å². The largest absolute Gasteiger partial charge is 0.495 e. The molecule has 35 heavy (non-hydrogen) atoms. The molecule has 2 aliphatic rings. The molecule has 1 aliphatic heterocycles. The predicted octanol–water partition coefficient (Wildman–Crippen LogP) is 4.37. The summed E-state index contributed by atoms with van der Waals surface area (Å²) in [7, 11) is 1.53. The summed E-state index contributed by atoms with van der Waals surface area (Å²) in [5.74, 6) is 1.39. The number of nitrogens with one attached hydrogen (secondary N) is 3. The Hall–Kier alpha value is -3.85. The van der Waals surface area contributed by atoms with Crippen molar-refractivity contribution in [3.63, 3.8) is 0 Å². The minimum absolute atomic E-state index is 0.101. The SMILES string of the molecule is COc1cc(C(=O)NCC2CC2)c(C)cc1Nc1ncc(Cl)c(Oc2cccc3c2C(=O)NC3)n1. The van der Waals surface area contributed by atoms with E-state index < -0.39 is 0 Å². The number of benzene rings is 2. The zero-order chi connectivity index (χ0) is 24.5. The van der Waals surface area contributed by atoms with Crippen LogP contribution in [-0.2, 0) is 6.54 Å². The van der Waals surface area contributed by atoms with Crippen LogP contribution in [0.15, 0.2) is 36.5 Å². The third-order valence-electron chi connectivity index (χ3n) is 5.98. The first-order valence-electron chi connectivity index (χ1n) is 11.3. The molecule has 180 valence electrons. The van der Waals surface area contributed by atoms with Crippen LogP contribution in [0, 0.1) is 12.8 Å². The van der Waals surface area contributed by atoms with Gasteiger partial charge in [-0.1, -0.05) is 23.7 Å². The van der Waals surface area contributed by atoms with Gasteiger partial charge in [0.25, 0.3) is 11.8 Å². The van der Waals surface area contributed by atoms with E-state index in [4.69, 9.17) is 21.1 Å². The number of carbonyl (C=O) groups excluding carboxylic acids is 2. The molecule has 0 bridgehead atoms. The van der Waals surface area contributed by atoms with Crippen LogP contribution >= 0.6 is 11.6 Å². The Morgan fingerprint density at radius 1 is 1.26 bits per heavy atom. The van der Waals surface area contributed by atoms with E-state index in [1.54, 1.807) is 24.3 Å². The molecule has 1 fully saturated rings. The number of fused-ring (bicyclic) bond motifs is 1. The Kier molecular flexibility index (Phi) is 6.17. The molecule has 5 rings (SSSR count). The molecule has 2 aromatic carbocycles. The van der Waals surface area contributed by atoms with Gasteiger partial charge in [0.05, 0.1) is 24.6 Å². The van der Waals surface area contributed by atoms with Gasteiger partial charge in [0.1, 0.15) is 16.5 Å². The van der Waals surface area contributed by atoms with Gasteiger partial charge in [-0.05, 0) is 55.0 Å². The molecule has 1 saturated carbocycles. The second-order valence-corrected chi connectivity index (χ2v) is 8.97. The maximum atomic E-state index is 12.6. The van der Waals surface area contributed by atoms with E-state index in [1.165, 1.54) is 13.3 Å². The number of halogens is 1. The highest BCUT2D eigenvalue weighted by atomic mass is 35.5. The van der Waals surface area contributed by atoms with Crippen LogP contribution in [0.5, 0.6) is 17.4 Å². The summed E-state index contributed by atoms with van der Waals surface area (Å²) in [6.07, 6.45) is 3.74. The van der Waals surface area contributed by atoms with Crippen molar-refractivity contribution in [3.8, 4) is 17.4 Å². The minimum Gasteiger partial charge on any atom is -0.495 e. The summed E-state index contributed by atoms with van der Waals surface area (Å²) in [6.45, 7) is 2.99. The smallest absolute Gasteiger partial charge is 0.255 e. The molecule has 0 saturated heterocycles. The number of methoxy groups -OCH3 is 1. The maximum Gasteiger partial charge on any atom is 0.255 e. The topological polar surface area (TPSA) is 114 Å². The summed E-state index contributed by atoms with van der Waals surface area (Å²) in [5, 5.41) is 9.06. The first-order chi connectivity index (χ1) is 16.9. The van der Waals surface area contributed by atoms with Crippen LogP contribution in [0.1, 0.15) is 44.7 Å². The van der Waals surface area contributed by atoms with E-state index in [1.807, 2.05) is 13.0 Å². The number of hydrogen-bond acceptors (Lipinski definition) is 7. The van der Waals surface area contributed by atoms with Crippen LogP contribution in [0.25, 0.3) is 0 Å². The van der Waals surface area contributed by atoms with Crippen molar-refractivity contribution in [1.29, 1.82) is 0 Å². The molecule has 0 atom stereocenters. The van der Waals surface area contributed by atoms with Gasteiger partial charge in [0.2, 0.25) is 11.8 Å². The number of rotatable bonds is 8. The lowest BCUT2D eigenvalue weighted by atomic mass is 10.1. The second kappa shape index (κ2) is 9.42. The van der Waals surface area contributed by atoms with E-state index in [9.17, 15) is 9.59 Å². The van der Waals surface area contributed by atoms with Gasteiger partial charge in [-0.25, -0.2) is 4.98 Å². The van der Waals surface area contributed by atoms with E-state index in [2.05, 4.69) is 25.9 Å². The fraction of sp³-hybridized carbons (Fsp3) is 0.280. The van der Waals surface area contributed by atoms with Gasteiger partial charge in [-0.2, -0.15) is 4.98 Å². The monoisotopic (exact) mass is 493 g/mol. The van der Waals surface area contributed by atoms with Gasteiger partial charge in [-0.3, -0.25) is 9.59 Å². The summed E-state index contributed by atoms with van der Waals surface area (Å²) in [5.41, 5.74) is 3.21. The van der Waals surface area contributed by atoms with Crippen molar-refractivity contribution in [1.82, 2.24) is 20.6 Å². The normalized spacial score (nSPS) is 14.2. The van der Waals surface area contributed by atoms with Crippen LogP contribution in [0.4, 0.5) is 11.6 Å². The van der Waals surface area contributed by atoms with Gasteiger partial charge in [0, 0.05) is 18.7 Å². The summed E-state index contributed by atoms with van der Waals surface area (Å²) < 4.78 is 11.4. The maximum absolute atomic E-state index is 12.6. The minimum atomic E-state index is -0.208. The zero-order valence-electron chi connectivity index (χ0n) is 19.3. The Balaban J connectivity index is 1.38. The Labute approximate surface area is 207 Å². The number of nitrogens with zero attached hydrogens (tertiary/aromatic N) is 2. The fourth-order valence-electron chi connectivity index (χ4n) is 3.89. The molecular weight excluding hydrogens is 470 g/mol. The zero-order valence-corrected chi connectivity index (χ0v) is 20.0. The highest BCUT2D eigenvalue weighted by Gasteiger charge is 2.25. The van der Waals surface area contributed by atoms with Crippen molar-refractivity contribution in [2.45, 2.75) is 26.3 Å². The molecule has 0 unspecified atom stereocenters. The summed E-state index contributed by atoms with van der Waals surface area (Å²) >= 11 is 6.28. The van der Waals surface area contributed by atoms with E-state index in [-0.39, 0.29) is 28.7 Å². The van der Waals surface area contributed by atoms with E-state index in [0.717, 1.165) is 24.0 Å². The fourth-order valence-corrected chi connectivity index (χ4v) is 4.02. The standard InChI is InChI=1S/C25H24ClN5O4/c1-13-8-18(20(34-2)9-16(13)22(32)27-10-14-6-7-14)30-25-29-12-17(26)24(31-25)35-19-5-3-4-15-11-28-23(33)21(15)19/h3-5,8-9,12,14H,6-7,10-11H2,1-2H3,(H,27,32)(H,28,33)(H,29,30,31). The number of carbonyl (C=O) groups is 2. The Bertz CT molecular complexity index is 1330.